The predicted octanol–water partition coefficient (Wildman–Crippen LogP) is 4.28. The van der Waals surface area contributed by atoms with E-state index in [2.05, 4.69) is 10.6 Å². The van der Waals surface area contributed by atoms with Gasteiger partial charge >= 0.3 is 0 Å². The first-order valence-corrected chi connectivity index (χ1v) is 9.38. The molecule has 1 aromatic heterocycles. The van der Waals surface area contributed by atoms with Gasteiger partial charge in [0.1, 0.15) is 0 Å². The highest BCUT2D eigenvalue weighted by Gasteiger charge is 2.23. The van der Waals surface area contributed by atoms with Gasteiger partial charge in [0.15, 0.2) is 0 Å². The van der Waals surface area contributed by atoms with Crippen molar-refractivity contribution >= 4 is 45.4 Å². The van der Waals surface area contributed by atoms with E-state index in [0.717, 1.165) is 11.3 Å². The number of rotatable bonds is 4. The zero-order chi connectivity index (χ0) is 20.4. The fraction of sp³-hybridized carbons (Fsp3) is 0.350. The van der Waals surface area contributed by atoms with Crippen LogP contribution in [0, 0.1) is 12.3 Å². The SMILES string of the molecule is CC(=O)N(C)c1ccc(NC(=O)c2sc(NC(=O)C(C)(C)C)cc2C)cc1. The summed E-state index contributed by atoms with van der Waals surface area (Å²) >= 11 is 1.25. The maximum Gasteiger partial charge on any atom is 0.266 e. The molecule has 144 valence electrons. The smallest absolute Gasteiger partial charge is 0.266 e. The summed E-state index contributed by atoms with van der Waals surface area (Å²) in [4.78, 5) is 38.2. The molecule has 0 aliphatic rings. The van der Waals surface area contributed by atoms with E-state index in [1.807, 2.05) is 27.7 Å². The zero-order valence-corrected chi connectivity index (χ0v) is 17.3. The molecule has 0 spiro atoms. The predicted molar refractivity (Wildman–Crippen MR) is 111 cm³/mol. The molecule has 7 heteroatoms. The lowest BCUT2D eigenvalue weighted by atomic mass is 9.96. The Hall–Kier alpha value is -2.67. The minimum Gasteiger partial charge on any atom is -0.321 e. The lowest BCUT2D eigenvalue weighted by Crippen LogP contribution is -2.27. The van der Waals surface area contributed by atoms with E-state index >= 15 is 0 Å². The van der Waals surface area contributed by atoms with E-state index < -0.39 is 5.41 Å². The Morgan fingerprint density at radius 3 is 2.15 bits per heavy atom. The molecule has 0 unspecified atom stereocenters. The van der Waals surface area contributed by atoms with Crippen molar-refractivity contribution in [1.29, 1.82) is 0 Å². The third kappa shape index (κ3) is 5.17. The molecule has 0 aliphatic carbocycles. The van der Waals surface area contributed by atoms with Gasteiger partial charge < -0.3 is 15.5 Å². The molecule has 0 radical (unpaired) electrons. The zero-order valence-electron chi connectivity index (χ0n) is 16.5. The van der Waals surface area contributed by atoms with Crippen LogP contribution in [0.15, 0.2) is 30.3 Å². The van der Waals surface area contributed by atoms with E-state index in [-0.39, 0.29) is 17.7 Å². The Morgan fingerprint density at radius 2 is 1.63 bits per heavy atom. The minimum atomic E-state index is -0.505. The van der Waals surface area contributed by atoms with Gasteiger partial charge in [0, 0.05) is 30.8 Å². The largest absolute Gasteiger partial charge is 0.321 e. The van der Waals surface area contributed by atoms with Crippen molar-refractivity contribution in [2.75, 3.05) is 22.6 Å². The third-order valence-corrected chi connectivity index (χ3v) is 5.18. The third-order valence-electron chi connectivity index (χ3n) is 4.03. The highest BCUT2D eigenvalue weighted by atomic mass is 32.1. The highest BCUT2D eigenvalue weighted by molar-refractivity contribution is 7.18. The number of carbonyl (C=O) groups is 3. The summed E-state index contributed by atoms with van der Waals surface area (Å²) in [6.07, 6.45) is 0. The first-order chi connectivity index (χ1) is 12.5. The number of nitrogens with zero attached hydrogens (tertiary/aromatic N) is 1. The molecule has 2 aromatic rings. The summed E-state index contributed by atoms with van der Waals surface area (Å²) in [7, 11) is 1.69. The second-order valence-electron chi connectivity index (χ2n) is 7.41. The average Bonchev–Trinajstić information content (AvgIpc) is 2.94. The molecule has 0 saturated carbocycles. The van der Waals surface area contributed by atoms with Crippen molar-refractivity contribution in [2.24, 2.45) is 5.41 Å². The van der Waals surface area contributed by atoms with E-state index in [9.17, 15) is 14.4 Å². The minimum absolute atomic E-state index is 0.0640. The van der Waals surface area contributed by atoms with E-state index in [4.69, 9.17) is 0 Å². The lowest BCUT2D eigenvalue weighted by molar-refractivity contribution is -0.123. The standard InChI is InChI=1S/C20H25N3O3S/c1-12-11-16(22-19(26)20(3,4)5)27-17(12)18(25)21-14-7-9-15(10-8-14)23(6)13(2)24/h7-11H,1-6H3,(H,21,25)(H,22,26). The molecule has 0 saturated heterocycles. The second kappa shape index (κ2) is 7.92. The molecule has 1 aromatic carbocycles. The molecular weight excluding hydrogens is 362 g/mol. The van der Waals surface area contributed by atoms with Gasteiger partial charge in [-0.2, -0.15) is 0 Å². The molecule has 2 rings (SSSR count). The Labute approximate surface area is 163 Å². The second-order valence-corrected chi connectivity index (χ2v) is 8.46. The molecule has 1 heterocycles. The topological polar surface area (TPSA) is 78.5 Å². The average molecular weight is 388 g/mol. The first-order valence-electron chi connectivity index (χ1n) is 8.56. The summed E-state index contributed by atoms with van der Waals surface area (Å²) in [5, 5.41) is 6.35. The number of aryl methyl sites for hydroxylation is 1. The van der Waals surface area contributed by atoms with Gasteiger partial charge in [-0.1, -0.05) is 20.8 Å². The van der Waals surface area contributed by atoms with E-state index in [0.29, 0.717) is 15.6 Å². The molecule has 0 aliphatic heterocycles. The summed E-state index contributed by atoms with van der Waals surface area (Å²) < 4.78 is 0. The van der Waals surface area contributed by atoms with Crippen LogP contribution in [0.5, 0.6) is 0 Å². The highest BCUT2D eigenvalue weighted by Crippen LogP contribution is 2.29. The maximum atomic E-state index is 12.6. The van der Waals surface area contributed by atoms with Crippen LogP contribution in [0.4, 0.5) is 16.4 Å². The van der Waals surface area contributed by atoms with Gasteiger partial charge in [-0.15, -0.1) is 11.3 Å². The number of benzene rings is 1. The van der Waals surface area contributed by atoms with Crippen LogP contribution in [0.3, 0.4) is 0 Å². The summed E-state index contributed by atoms with van der Waals surface area (Å²) in [6.45, 7) is 8.84. The summed E-state index contributed by atoms with van der Waals surface area (Å²) in [5.74, 6) is -0.395. The van der Waals surface area contributed by atoms with Crippen LogP contribution < -0.4 is 15.5 Å². The van der Waals surface area contributed by atoms with Gasteiger partial charge in [0.25, 0.3) is 5.91 Å². The fourth-order valence-electron chi connectivity index (χ4n) is 2.21. The number of hydrogen-bond donors (Lipinski definition) is 2. The van der Waals surface area contributed by atoms with Crippen molar-refractivity contribution in [1.82, 2.24) is 0 Å². The molecule has 0 bridgehead atoms. The van der Waals surface area contributed by atoms with Crippen molar-refractivity contribution in [3.63, 3.8) is 0 Å². The molecule has 6 nitrogen and oxygen atoms in total. The van der Waals surface area contributed by atoms with Crippen LogP contribution in [-0.4, -0.2) is 24.8 Å². The number of carbonyl (C=O) groups excluding carboxylic acids is 3. The fourth-order valence-corrected chi connectivity index (χ4v) is 3.17. The van der Waals surface area contributed by atoms with Crippen molar-refractivity contribution in [3.05, 3.63) is 40.8 Å². The Balaban J connectivity index is 2.10. The number of anilines is 3. The number of thiophene rings is 1. The Kier molecular flexibility index (Phi) is 6.05. The number of amides is 3. The van der Waals surface area contributed by atoms with Crippen molar-refractivity contribution in [3.8, 4) is 0 Å². The first kappa shape index (κ1) is 20.6. The molecule has 0 atom stereocenters. The van der Waals surface area contributed by atoms with Gasteiger partial charge in [0.05, 0.1) is 9.88 Å². The van der Waals surface area contributed by atoms with E-state index in [1.54, 1.807) is 37.4 Å². The number of nitrogens with one attached hydrogen (secondary N) is 2. The van der Waals surface area contributed by atoms with Gasteiger partial charge in [-0.05, 0) is 42.8 Å². The van der Waals surface area contributed by atoms with Crippen LogP contribution in [0.2, 0.25) is 0 Å². The van der Waals surface area contributed by atoms with Gasteiger partial charge in [-0.3, -0.25) is 14.4 Å². The van der Waals surface area contributed by atoms with Crippen molar-refractivity contribution < 1.29 is 14.4 Å². The molecule has 2 N–H and O–H groups in total. The van der Waals surface area contributed by atoms with Crippen LogP contribution in [-0.2, 0) is 9.59 Å². The Morgan fingerprint density at radius 1 is 1.04 bits per heavy atom. The van der Waals surface area contributed by atoms with Crippen LogP contribution in [0.1, 0.15) is 42.9 Å². The molecule has 3 amide bonds. The van der Waals surface area contributed by atoms with Gasteiger partial charge in [-0.25, -0.2) is 0 Å². The van der Waals surface area contributed by atoms with Crippen LogP contribution >= 0.6 is 11.3 Å². The monoisotopic (exact) mass is 387 g/mol. The number of hydrogen-bond acceptors (Lipinski definition) is 4. The molecule has 27 heavy (non-hydrogen) atoms. The van der Waals surface area contributed by atoms with Crippen LogP contribution in [0.25, 0.3) is 0 Å². The van der Waals surface area contributed by atoms with E-state index in [1.165, 1.54) is 23.2 Å². The summed E-state index contributed by atoms with van der Waals surface area (Å²) in [6, 6.07) is 8.84. The maximum absolute atomic E-state index is 12.6. The van der Waals surface area contributed by atoms with Gasteiger partial charge in [0.2, 0.25) is 11.8 Å². The quantitative estimate of drug-likeness (QED) is 0.822. The molecule has 0 fully saturated rings. The summed E-state index contributed by atoms with van der Waals surface area (Å²) in [5.41, 5.74) is 1.68. The Bertz CT molecular complexity index is 864. The van der Waals surface area contributed by atoms with Crippen molar-refractivity contribution in [2.45, 2.75) is 34.6 Å². The molecular formula is C20H25N3O3S. The lowest BCUT2D eigenvalue weighted by Gasteiger charge is -2.16. The normalized spacial score (nSPS) is 11.0.